The van der Waals surface area contributed by atoms with E-state index in [2.05, 4.69) is 44.2 Å². The quantitative estimate of drug-likeness (QED) is 0.692. The Morgan fingerprint density at radius 1 is 1.06 bits per heavy atom. The molecule has 0 spiro atoms. The summed E-state index contributed by atoms with van der Waals surface area (Å²) in [5.41, 5.74) is 7.65. The molecule has 1 rings (SSSR count). The van der Waals surface area contributed by atoms with Crippen LogP contribution >= 0.6 is 0 Å². The minimum Gasteiger partial charge on any atom is -0.330 e. The molecule has 90 valence electrons. The third kappa shape index (κ3) is 3.08. The smallest absolute Gasteiger partial charge is 0.00729 e. The topological polar surface area (TPSA) is 26.0 Å². The van der Waals surface area contributed by atoms with Crippen molar-refractivity contribution in [2.24, 2.45) is 5.73 Å². The standard InChI is InChI=1S/C15H25N/c1-3-5-9-12-15(4-2,13-16)14-10-7-6-8-11-14/h6-8,10-11H,3-5,9,12-13,16H2,1-2H3. The van der Waals surface area contributed by atoms with Gasteiger partial charge in [-0.25, -0.2) is 0 Å². The number of unbranched alkanes of at least 4 members (excludes halogenated alkanes) is 2. The Hall–Kier alpha value is -0.820. The van der Waals surface area contributed by atoms with E-state index in [0.717, 1.165) is 13.0 Å². The maximum absolute atomic E-state index is 6.03. The summed E-state index contributed by atoms with van der Waals surface area (Å²) in [6, 6.07) is 10.8. The van der Waals surface area contributed by atoms with Gasteiger partial charge in [0.05, 0.1) is 0 Å². The fourth-order valence-electron chi connectivity index (χ4n) is 2.39. The summed E-state index contributed by atoms with van der Waals surface area (Å²) in [7, 11) is 0. The van der Waals surface area contributed by atoms with Gasteiger partial charge < -0.3 is 5.73 Å². The van der Waals surface area contributed by atoms with Crippen LogP contribution in [0, 0.1) is 0 Å². The zero-order valence-electron chi connectivity index (χ0n) is 10.7. The van der Waals surface area contributed by atoms with Crippen LogP contribution < -0.4 is 5.73 Å². The molecule has 1 aromatic carbocycles. The second-order valence-corrected chi connectivity index (χ2v) is 4.66. The molecule has 0 aromatic heterocycles. The zero-order chi connectivity index (χ0) is 11.9. The summed E-state index contributed by atoms with van der Waals surface area (Å²) < 4.78 is 0. The van der Waals surface area contributed by atoms with Gasteiger partial charge in [0.15, 0.2) is 0 Å². The van der Waals surface area contributed by atoms with Crippen LogP contribution in [0.4, 0.5) is 0 Å². The van der Waals surface area contributed by atoms with Crippen molar-refractivity contribution in [3.63, 3.8) is 0 Å². The van der Waals surface area contributed by atoms with Crippen LogP contribution in [0.3, 0.4) is 0 Å². The fourth-order valence-corrected chi connectivity index (χ4v) is 2.39. The SMILES string of the molecule is CCCCCC(CC)(CN)c1ccccc1. The highest BCUT2D eigenvalue weighted by Crippen LogP contribution is 2.32. The van der Waals surface area contributed by atoms with Gasteiger partial charge in [-0.3, -0.25) is 0 Å². The summed E-state index contributed by atoms with van der Waals surface area (Å²) in [5, 5.41) is 0. The molecule has 1 nitrogen and oxygen atoms in total. The van der Waals surface area contributed by atoms with Crippen molar-refractivity contribution in [1.29, 1.82) is 0 Å². The number of rotatable bonds is 7. The third-order valence-corrected chi connectivity index (χ3v) is 3.71. The first-order valence-electron chi connectivity index (χ1n) is 6.54. The normalized spacial score (nSPS) is 14.7. The fraction of sp³-hybridized carbons (Fsp3) is 0.600. The van der Waals surface area contributed by atoms with Gasteiger partial charge in [-0.05, 0) is 18.4 Å². The van der Waals surface area contributed by atoms with E-state index >= 15 is 0 Å². The lowest BCUT2D eigenvalue weighted by Gasteiger charge is -2.32. The Morgan fingerprint density at radius 2 is 1.75 bits per heavy atom. The summed E-state index contributed by atoms with van der Waals surface area (Å²) in [6.45, 7) is 5.27. The van der Waals surface area contributed by atoms with Crippen LogP contribution in [0.5, 0.6) is 0 Å². The molecule has 0 aliphatic heterocycles. The molecule has 2 N–H and O–H groups in total. The van der Waals surface area contributed by atoms with Gasteiger partial charge in [0.1, 0.15) is 0 Å². The predicted molar refractivity (Wildman–Crippen MR) is 71.6 cm³/mol. The maximum Gasteiger partial charge on any atom is 0.00729 e. The molecule has 0 saturated heterocycles. The van der Waals surface area contributed by atoms with Crippen molar-refractivity contribution in [3.8, 4) is 0 Å². The molecule has 0 saturated carbocycles. The van der Waals surface area contributed by atoms with E-state index in [1.807, 2.05) is 0 Å². The van der Waals surface area contributed by atoms with Gasteiger partial charge in [-0.2, -0.15) is 0 Å². The molecular formula is C15H25N. The summed E-state index contributed by atoms with van der Waals surface area (Å²) in [4.78, 5) is 0. The molecule has 0 radical (unpaired) electrons. The monoisotopic (exact) mass is 219 g/mol. The molecule has 1 heteroatoms. The van der Waals surface area contributed by atoms with E-state index in [0.29, 0.717) is 0 Å². The highest BCUT2D eigenvalue weighted by atomic mass is 14.6. The Kier molecular flexibility index (Phi) is 5.54. The van der Waals surface area contributed by atoms with Crippen LogP contribution in [0.25, 0.3) is 0 Å². The molecule has 0 bridgehead atoms. The number of hydrogen-bond acceptors (Lipinski definition) is 1. The lowest BCUT2D eigenvalue weighted by atomic mass is 9.74. The van der Waals surface area contributed by atoms with Crippen LogP contribution in [-0.2, 0) is 5.41 Å². The largest absolute Gasteiger partial charge is 0.330 e. The van der Waals surface area contributed by atoms with Gasteiger partial charge in [0.2, 0.25) is 0 Å². The summed E-state index contributed by atoms with van der Waals surface area (Å²) in [5.74, 6) is 0. The van der Waals surface area contributed by atoms with E-state index < -0.39 is 0 Å². The summed E-state index contributed by atoms with van der Waals surface area (Å²) in [6.07, 6.45) is 6.24. The second-order valence-electron chi connectivity index (χ2n) is 4.66. The van der Waals surface area contributed by atoms with Crippen LogP contribution in [0.2, 0.25) is 0 Å². The van der Waals surface area contributed by atoms with Gasteiger partial charge >= 0.3 is 0 Å². The Labute approximate surface area is 100 Å². The van der Waals surface area contributed by atoms with Gasteiger partial charge in [-0.15, -0.1) is 0 Å². The molecule has 0 fully saturated rings. The van der Waals surface area contributed by atoms with Crippen molar-refractivity contribution in [2.75, 3.05) is 6.54 Å². The van der Waals surface area contributed by atoms with Crippen LogP contribution in [-0.4, -0.2) is 6.54 Å². The molecule has 16 heavy (non-hydrogen) atoms. The van der Waals surface area contributed by atoms with Crippen molar-refractivity contribution in [3.05, 3.63) is 35.9 Å². The minimum atomic E-state index is 0.205. The number of nitrogens with two attached hydrogens (primary N) is 1. The summed E-state index contributed by atoms with van der Waals surface area (Å²) >= 11 is 0. The first-order valence-corrected chi connectivity index (χ1v) is 6.54. The molecule has 0 aliphatic carbocycles. The highest BCUT2D eigenvalue weighted by molar-refractivity contribution is 5.25. The third-order valence-electron chi connectivity index (χ3n) is 3.71. The zero-order valence-corrected chi connectivity index (χ0v) is 10.7. The predicted octanol–water partition coefficient (Wildman–Crippen LogP) is 3.87. The first kappa shape index (κ1) is 13.2. The maximum atomic E-state index is 6.03. The van der Waals surface area contributed by atoms with E-state index in [-0.39, 0.29) is 5.41 Å². The van der Waals surface area contributed by atoms with Crippen molar-refractivity contribution in [2.45, 2.75) is 51.4 Å². The first-order chi connectivity index (χ1) is 7.79. The molecule has 0 heterocycles. The van der Waals surface area contributed by atoms with E-state index in [4.69, 9.17) is 5.73 Å². The van der Waals surface area contributed by atoms with Crippen molar-refractivity contribution in [1.82, 2.24) is 0 Å². The minimum absolute atomic E-state index is 0.205. The molecule has 1 atom stereocenters. The Bertz CT molecular complexity index is 275. The number of hydrogen-bond donors (Lipinski definition) is 1. The molecule has 1 unspecified atom stereocenters. The second kappa shape index (κ2) is 6.70. The molecule has 0 aliphatic rings. The van der Waals surface area contributed by atoms with E-state index in [1.165, 1.54) is 31.2 Å². The lowest BCUT2D eigenvalue weighted by molar-refractivity contribution is 0.372. The average Bonchev–Trinajstić information content (AvgIpc) is 2.36. The highest BCUT2D eigenvalue weighted by Gasteiger charge is 2.27. The Balaban J connectivity index is 2.79. The Morgan fingerprint density at radius 3 is 2.25 bits per heavy atom. The van der Waals surface area contributed by atoms with Gasteiger partial charge in [0.25, 0.3) is 0 Å². The van der Waals surface area contributed by atoms with Crippen LogP contribution in [0.15, 0.2) is 30.3 Å². The van der Waals surface area contributed by atoms with Crippen LogP contribution in [0.1, 0.15) is 51.5 Å². The lowest BCUT2D eigenvalue weighted by Crippen LogP contribution is -2.34. The van der Waals surface area contributed by atoms with Gasteiger partial charge in [-0.1, -0.05) is 63.4 Å². The molecule has 0 amide bonds. The van der Waals surface area contributed by atoms with E-state index in [1.54, 1.807) is 0 Å². The van der Waals surface area contributed by atoms with E-state index in [9.17, 15) is 0 Å². The number of benzene rings is 1. The van der Waals surface area contributed by atoms with Crippen molar-refractivity contribution >= 4 is 0 Å². The van der Waals surface area contributed by atoms with Crippen molar-refractivity contribution < 1.29 is 0 Å². The average molecular weight is 219 g/mol. The molecule has 1 aromatic rings. The molecular weight excluding hydrogens is 194 g/mol. The van der Waals surface area contributed by atoms with Gasteiger partial charge in [0, 0.05) is 12.0 Å².